The topological polar surface area (TPSA) is 66.6 Å². The van der Waals surface area contributed by atoms with E-state index in [0.29, 0.717) is 11.7 Å². The van der Waals surface area contributed by atoms with Crippen LogP contribution in [-0.4, -0.2) is 35.4 Å². The zero-order valence-corrected chi connectivity index (χ0v) is 12.8. The second kappa shape index (κ2) is 5.46. The van der Waals surface area contributed by atoms with Crippen molar-refractivity contribution in [2.24, 2.45) is 15.1 Å². The van der Waals surface area contributed by atoms with Gasteiger partial charge in [0.05, 0.1) is 18.5 Å². The minimum atomic E-state index is -0.303. The molecule has 0 bridgehead atoms. The third-order valence-corrected chi connectivity index (χ3v) is 4.12. The molecule has 1 amide bonds. The smallest absolute Gasteiger partial charge is 0.299 e. The van der Waals surface area contributed by atoms with E-state index < -0.39 is 0 Å². The van der Waals surface area contributed by atoms with Crippen molar-refractivity contribution in [2.45, 2.75) is 25.7 Å². The van der Waals surface area contributed by atoms with E-state index >= 15 is 0 Å². The molecule has 0 spiro atoms. The monoisotopic (exact) mass is 308 g/mol. The van der Waals surface area contributed by atoms with Crippen molar-refractivity contribution < 1.29 is 9.53 Å². The van der Waals surface area contributed by atoms with Crippen molar-refractivity contribution in [1.82, 2.24) is 5.01 Å². The standard InChI is InChI=1S/C17H16N4O2/c1-23-12-8-6-11(7-9-12)10-15-16(22)19-17-18-13-4-2-3-5-14(13)20-21(15)17/h6-10H,2-5H2,1H3. The van der Waals surface area contributed by atoms with Crippen LogP contribution in [0.5, 0.6) is 5.75 Å². The molecule has 3 aliphatic rings. The number of carbonyl (C=O) groups is 1. The Kier molecular flexibility index (Phi) is 3.29. The number of hydrogen-bond donors (Lipinski definition) is 0. The normalized spacial score (nSPS) is 21.4. The number of methoxy groups -OCH3 is 1. The quantitative estimate of drug-likeness (QED) is 0.789. The number of carbonyl (C=O) groups excluding carboxylic acids is 1. The van der Waals surface area contributed by atoms with Gasteiger partial charge in [-0.25, -0.2) is 4.99 Å². The van der Waals surface area contributed by atoms with Gasteiger partial charge in [0, 0.05) is 0 Å². The molecule has 1 aliphatic carbocycles. The van der Waals surface area contributed by atoms with E-state index in [4.69, 9.17) is 4.74 Å². The summed E-state index contributed by atoms with van der Waals surface area (Å²) in [6, 6.07) is 7.49. The third-order valence-electron chi connectivity index (χ3n) is 4.12. The van der Waals surface area contributed by atoms with Gasteiger partial charge in [0.25, 0.3) is 11.9 Å². The Bertz CT molecular complexity index is 787. The van der Waals surface area contributed by atoms with Gasteiger partial charge >= 0.3 is 0 Å². The number of hydrogen-bond acceptors (Lipinski definition) is 5. The number of benzene rings is 1. The van der Waals surface area contributed by atoms with E-state index in [2.05, 4.69) is 15.1 Å². The minimum absolute atomic E-state index is 0.303. The van der Waals surface area contributed by atoms with Crippen molar-refractivity contribution in [3.8, 4) is 5.75 Å². The molecule has 2 heterocycles. The number of amides is 1. The molecule has 4 rings (SSSR count). The van der Waals surface area contributed by atoms with E-state index in [-0.39, 0.29) is 5.91 Å². The number of guanidine groups is 1. The lowest BCUT2D eigenvalue weighted by Crippen LogP contribution is -2.33. The number of rotatable bonds is 2. The maximum Gasteiger partial charge on any atom is 0.299 e. The fraction of sp³-hybridized carbons (Fsp3) is 0.294. The Morgan fingerprint density at radius 3 is 2.57 bits per heavy atom. The van der Waals surface area contributed by atoms with Crippen LogP contribution in [0.4, 0.5) is 0 Å². The molecule has 23 heavy (non-hydrogen) atoms. The van der Waals surface area contributed by atoms with Crippen LogP contribution >= 0.6 is 0 Å². The van der Waals surface area contributed by atoms with Gasteiger partial charge in [0.15, 0.2) is 0 Å². The number of hydrazone groups is 1. The summed E-state index contributed by atoms with van der Waals surface area (Å²) in [5.41, 5.74) is 3.28. The number of ether oxygens (including phenoxy) is 1. The highest BCUT2D eigenvalue weighted by Crippen LogP contribution is 2.27. The van der Waals surface area contributed by atoms with Gasteiger partial charge in [-0.1, -0.05) is 12.1 Å². The first kappa shape index (κ1) is 13.9. The first-order chi connectivity index (χ1) is 11.2. The lowest BCUT2D eigenvalue weighted by Gasteiger charge is -2.24. The fourth-order valence-electron chi connectivity index (χ4n) is 2.89. The molecule has 0 atom stereocenters. The van der Waals surface area contributed by atoms with Crippen LogP contribution in [0.2, 0.25) is 0 Å². The van der Waals surface area contributed by atoms with Gasteiger partial charge in [-0.05, 0) is 49.5 Å². The van der Waals surface area contributed by atoms with Crippen LogP contribution in [0.3, 0.4) is 0 Å². The molecule has 0 unspecified atom stereocenters. The molecule has 1 aromatic rings. The van der Waals surface area contributed by atoms with Crippen molar-refractivity contribution in [3.05, 3.63) is 35.5 Å². The van der Waals surface area contributed by atoms with Gasteiger partial charge in [-0.2, -0.15) is 15.1 Å². The summed E-state index contributed by atoms with van der Waals surface area (Å²) in [6.45, 7) is 0. The maximum absolute atomic E-state index is 12.2. The number of nitrogens with zero attached hydrogens (tertiary/aromatic N) is 4. The van der Waals surface area contributed by atoms with Crippen LogP contribution in [0.25, 0.3) is 6.08 Å². The van der Waals surface area contributed by atoms with E-state index in [1.54, 1.807) is 18.2 Å². The van der Waals surface area contributed by atoms with Crippen molar-refractivity contribution >= 4 is 29.4 Å². The van der Waals surface area contributed by atoms with Gasteiger partial charge in [0.2, 0.25) is 0 Å². The van der Waals surface area contributed by atoms with E-state index in [1.807, 2.05) is 24.3 Å². The van der Waals surface area contributed by atoms with Crippen LogP contribution in [0.1, 0.15) is 31.2 Å². The number of aliphatic imine (C=N–C) groups is 2. The molecule has 0 aromatic heterocycles. The zero-order chi connectivity index (χ0) is 15.8. The average Bonchev–Trinajstić information content (AvgIpc) is 2.88. The largest absolute Gasteiger partial charge is 0.497 e. The summed E-state index contributed by atoms with van der Waals surface area (Å²) in [6.07, 6.45) is 5.84. The van der Waals surface area contributed by atoms with Gasteiger partial charge < -0.3 is 4.74 Å². The Morgan fingerprint density at radius 2 is 1.83 bits per heavy atom. The molecular formula is C17H16N4O2. The second-order valence-electron chi connectivity index (χ2n) is 5.64. The molecular weight excluding hydrogens is 292 g/mol. The summed E-state index contributed by atoms with van der Waals surface area (Å²) in [5, 5.41) is 6.17. The molecule has 0 radical (unpaired) electrons. The summed E-state index contributed by atoms with van der Waals surface area (Å²) < 4.78 is 5.15. The summed E-state index contributed by atoms with van der Waals surface area (Å²) in [4.78, 5) is 20.8. The van der Waals surface area contributed by atoms with E-state index in [9.17, 15) is 4.79 Å². The van der Waals surface area contributed by atoms with Crippen LogP contribution in [0, 0.1) is 0 Å². The third kappa shape index (κ3) is 2.46. The van der Waals surface area contributed by atoms with Crippen LogP contribution in [0.15, 0.2) is 45.0 Å². The van der Waals surface area contributed by atoms with Crippen LogP contribution < -0.4 is 4.74 Å². The molecule has 6 heteroatoms. The second-order valence-corrected chi connectivity index (χ2v) is 5.64. The maximum atomic E-state index is 12.2. The molecule has 2 aliphatic heterocycles. The van der Waals surface area contributed by atoms with E-state index in [0.717, 1.165) is 48.4 Å². The number of fused-ring (bicyclic) bond motifs is 2. The Hall–Kier alpha value is -2.76. The van der Waals surface area contributed by atoms with Crippen molar-refractivity contribution in [3.63, 3.8) is 0 Å². The van der Waals surface area contributed by atoms with Crippen molar-refractivity contribution in [1.29, 1.82) is 0 Å². The highest BCUT2D eigenvalue weighted by Gasteiger charge is 2.34. The Balaban J connectivity index is 1.68. The summed E-state index contributed by atoms with van der Waals surface area (Å²) in [7, 11) is 1.62. The summed E-state index contributed by atoms with van der Waals surface area (Å²) >= 11 is 0. The predicted molar refractivity (Wildman–Crippen MR) is 88.6 cm³/mol. The Morgan fingerprint density at radius 1 is 1.09 bits per heavy atom. The SMILES string of the molecule is COc1ccc(C=C2C(=O)N=C3N=C4CCCCC4=NN23)cc1. The van der Waals surface area contributed by atoms with Crippen LogP contribution in [-0.2, 0) is 4.79 Å². The summed E-state index contributed by atoms with van der Waals surface area (Å²) in [5.74, 6) is 0.857. The van der Waals surface area contributed by atoms with Gasteiger partial charge in [-0.15, -0.1) is 0 Å². The molecule has 1 fully saturated rings. The average molecular weight is 308 g/mol. The molecule has 1 saturated carbocycles. The molecule has 116 valence electrons. The fourth-order valence-corrected chi connectivity index (χ4v) is 2.89. The lowest BCUT2D eigenvalue weighted by atomic mass is 9.96. The minimum Gasteiger partial charge on any atom is -0.497 e. The van der Waals surface area contributed by atoms with Gasteiger partial charge in [0.1, 0.15) is 11.4 Å². The predicted octanol–water partition coefficient (Wildman–Crippen LogP) is 2.62. The molecule has 0 N–H and O–H groups in total. The Labute approximate surface area is 133 Å². The van der Waals surface area contributed by atoms with Crippen molar-refractivity contribution in [2.75, 3.05) is 7.11 Å². The van der Waals surface area contributed by atoms with E-state index in [1.165, 1.54) is 0 Å². The first-order valence-electron chi connectivity index (χ1n) is 7.69. The highest BCUT2D eigenvalue weighted by molar-refractivity contribution is 6.45. The first-order valence-corrected chi connectivity index (χ1v) is 7.69. The van der Waals surface area contributed by atoms with Gasteiger partial charge in [-0.3, -0.25) is 4.79 Å². The molecule has 0 saturated heterocycles. The molecule has 1 aromatic carbocycles. The lowest BCUT2D eigenvalue weighted by molar-refractivity contribution is -0.114. The zero-order valence-electron chi connectivity index (χ0n) is 12.8. The molecule has 6 nitrogen and oxygen atoms in total. The highest BCUT2D eigenvalue weighted by atomic mass is 16.5.